The first-order chi connectivity index (χ1) is 14.3. The van der Waals surface area contributed by atoms with Crippen molar-refractivity contribution in [2.24, 2.45) is 0 Å². The van der Waals surface area contributed by atoms with E-state index in [0.717, 1.165) is 6.07 Å². The van der Waals surface area contributed by atoms with E-state index in [1.807, 2.05) is 0 Å². The van der Waals surface area contributed by atoms with Crippen LogP contribution in [0.15, 0.2) is 71.6 Å². The summed E-state index contributed by atoms with van der Waals surface area (Å²) in [5.41, 5.74) is 0.539. The van der Waals surface area contributed by atoms with Crippen LogP contribution in [0.5, 0.6) is 11.5 Å². The van der Waals surface area contributed by atoms with E-state index in [9.17, 15) is 17.6 Å². The van der Waals surface area contributed by atoms with Crippen molar-refractivity contribution >= 4 is 27.3 Å². The molecule has 3 aromatic carbocycles. The highest BCUT2D eigenvalue weighted by Gasteiger charge is 2.17. The van der Waals surface area contributed by atoms with Gasteiger partial charge in [-0.3, -0.25) is 9.52 Å². The highest BCUT2D eigenvalue weighted by Crippen LogP contribution is 2.24. The number of carbonyl (C=O) groups excluding carboxylic acids is 1. The van der Waals surface area contributed by atoms with Gasteiger partial charge in [-0.25, -0.2) is 12.8 Å². The number of halogens is 1. The minimum absolute atomic E-state index is 0.0770. The Morgan fingerprint density at radius 1 is 0.900 bits per heavy atom. The molecule has 0 saturated carbocycles. The van der Waals surface area contributed by atoms with Gasteiger partial charge in [0.1, 0.15) is 17.3 Å². The van der Waals surface area contributed by atoms with Gasteiger partial charge in [0.25, 0.3) is 15.9 Å². The number of hydrogen-bond donors (Lipinski definition) is 2. The van der Waals surface area contributed by atoms with Crippen molar-refractivity contribution in [1.29, 1.82) is 0 Å². The third-order valence-corrected chi connectivity index (χ3v) is 5.54. The number of rotatable bonds is 7. The van der Waals surface area contributed by atoms with Gasteiger partial charge in [0.05, 0.1) is 24.8 Å². The molecule has 0 aliphatic rings. The number of amides is 1. The van der Waals surface area contributed by atoms with Crippen molar-refractivity contribution in [1.82, 2.24) is 0 Å². The topological polar surface area (TPSA) is 93.7 Å². The van der Waals surface area contributed by atoms with Crippen molar-refractivity contribution in [3.8, 4) is 11.5 Å². The molecule has 0 aliphatic carbocycles. The monoisotopic (exact) mass is 430 g/mol. The Labute approximate surface area is 173 Å². The predicted molar refractivity (Wildman–Crippen MR) is 111 cm³/mol. The molecule has 3 aromatic rings. The molecule has 3 rings (SSSR count). The Hall–Kier alpha value is -3.59. The summed E-state index contributed by atoms with van der Waals surface area (Å²) < 4.78 is 51.1. The third-order valence-electron chi connectivity index (χ3n) is 4.15. The van der Waals surface area contributed by atoms with E-state index >= 15 is 0 Å². The molecule has 0 heterocycles. The third kappa shape index (κ3) is 4.87. The van der Waals surface area contributed by atoms with Gasteiger partial charge in [0, 0.05) is 17.3 Å². The summed E-state index contributed by atoms with van der Waals surface area (Å²) in [6.07, 6.45) is 0. The molecule has 0 saturated heterocycles. The standard InChI is InChI=1S/C21H19FN2O5S/c1-28-16-11-14(12-17(13-16)29-2)21(25)23-15-7-9-18(10-8-15)30(26,27)24-20-6-4-3-5-19(20)22/h3-13,24H,1-2H3,(H,23,25). The summed E-state index contributed by atoms with van der Waals surface area (Å²) >= 11 is 0. The van der Waals surface area contributed by atoms with E-state index < -0.39 is 21.7 Å². The maximum absolute atomic E-state index is 13.7. The summed E-state index contributed by atoms with van der Waals surface area (Å²) in [6.45, 7) is 0. The van der Waals surface area contributed by atoms with Crippen molar-refractivity contribution in [2.45, 2.75) is 4.90 Å². The second kappa shape index (κ2) is 8.83. The van der Waals surface area contributed by atoms with Crippen LogP contribution in [0.4, 0.5) is 15.8 Å². The lowest BCUT2D eigenvalue weighted by Crippen LogP contribution is -2.15. The van der Waals surface area contributed by atoms with Crippen LogP contribution in [0.1, 0.15) is 10.4 Å². The number of nitrogens with one attached hydrogen (secondary N) is 2. The largest absolute Gasteiger partial charge is 0.497 e. The minimum Gasteiger partial charge on any atom is -0.497 e. The van der Waals surface area contributed by atoms with Crippen molar-refractivity contribution in [3.05, 3.63) is 78.1 Å². The second-order valence-electron chi connectivity index (χ2n) is 6.17. The average Bonchev–Trinajstić information content (AvgIpc) is 2.75. The number of hydrogen-bond acceptors (Lipinski definition) is 5. The van der Waals surface area contributed by atoms with E-state index in [-0.39, 0.29) is 10.6 Å². The van der Waals surface area contributed by atoms with Crippen LogP contribution in [0.3, 0.4) is 0 Å². The number of methoxy groups -OCH3 is 2. The van der Waals surface area contributed by atoms with Gasteiger partial charge in [-0.1, -0.05) is 12.1 Å². The van der Waals surface area contributed by atoms with Crippen LogP contribution in [-0.4, -0.2) is 28.5 Å². The van der Waals surface area contributed by atoms with E-state index in [2.05, 4.69) is 10.0 Å². The van der Waals surface area contributed by atoms with Gasteiger partial charge in [-0.05, 0) is 48.5 Å². The summed E-state index contributed by atoms with van der Waals surface area (Å²) in [4.78, 5) is 12.4. The van der Waals surface area contributed by atoms with Gasteiger partial charge in [-0.15, -0.1) is 0 Å². The fourth-order valence-electron chi connectivity index (χ4n) is 2.61. The van der Waals surface area contributed by atoms with Gasteiger partial charge in [0.2, 0.25) is 0 Å². The molecule has 0 bridgehead atoms. The zero-order valence-corrected chi connectivity index (χ0v) is 17.0. The van der Waals surface area contributed by atoms with Crippen LogP contribution in [0, 0.1) is 5.82 Å². The minimum atomic E-state index is -3.99. The Kier molecular flexibility index (Phi) is 6.22. The molecule has 156 valence electrons. The number of para-hydroxylation sites is 1. The molecule has 0 fully saturated rings. The average molecular weight is 430 g/mol. The zero-order chi connectivity index (χ0) is 21.7. The number of benzene rings is 3. The van der Waals surface area contributed by atoms with Crippen LogP contribution < -0.4 is 19.5 Å². The Morgan fingerprint density at radius 3 is 2.07 bits per heavy atom. The molecular weight excluding hydrogens is 411 g/mol. The van der Waals surface area contributed by atoms with Crippen LogP contribution >= 0.6 is 0 Å². The molecule has 0 radical (unpaired) electrons. The first-order valence-electron chi connectivity index (χ1n) is 8.74. The van der Waals surface area contributed by atoms with Gasteiger partial charge in [-0.2, -0.15) is 0 Å². The van der Waals surface area contributed by atoms with Crippen LogP contribution in [-0.2, 0) is 10.0 Å². The molecule has 7 nitrogen and oxygen atoms in total. The Balaban J connectivity index is 1.76. The fourth-order valence-corrected chi connectivity index (χ4v) is 3.67. The van der Waals surface area contributed by atoms with E-state index in [0.29, 0.717) is 22.7 Å². The van der Waals surface area contributed by atoms with Crippen LogP contribution in [0.2, 0.25) is 0 Å². The Bertz CT molecular complexity index is 1140. The van der Waals surface area contributed by atoms with Gasteiger partial charge >= 0.3 is 0 Å². The lowest BCUT2D eigenvalue weighted by molar-refractivity contribution is 0.102. The first kappa shape index (κ1) is 21.1. The van der Waals surface area contributed by atoms with Crippen molar-refractivity contribution in [2.75, 3.05) is 24.3 Å². The summed E-state index contributed by atoms with van der Waals surface area (Å²) in [5.74, 6) is -0.189. The maximum Gasteiger partial charge on any atom is 0.261 e. The van der Waals surface area contributed by atoms with E-state index in [1.54, 1.807) is 18.2 Å². The van der Waals surface area contributed by atoms with Crippen molar-refractivity contribution in [3.63, 3.8) is 0 Å². The molecule has 2 N–H and O–H groups in total. The normalized spacial score (nSPS) is 10.9. The molecule has 0 aliphatic heterocycles. The Morgan fingerprint density at radius 2 is 1.50 bits per heavy atom. The quantitative estimate of drug-likeness (QED) is 0.593. The molecule has 0 spiro atoms. The molecule has 0 aromatic heterocycles. The van der Waals surface area contributed by atoms with E-state index in [4.69, 9.17) is 9.47 Å². The highest BCUT2D eigenvalue weighted by molar-refractivity contribution is 7.92. The predicted octanol–water partition coefficient (Wildman–Crippen LogP) is 3.90. The van der Waals surface area contributed by atoms with Gasteiger partial charge in [0.15, 0.2) is 0 Å². The molecule has 1 amide bonds. The molecule has 0 unspecified atom stereocenters. The second-order valence-corrected chi connectivity index (χ2v) is 7.85. The number of ether oxygens (including phenoxy) is 2. The maximum atomic E-state index is 13.7. The SMILES string of the molecule is COc1cc(OC)cc(C(=O)Nc2ccc(S(=O)(=O)Nc3ccccc3F)cc2)c1. The lowest BCUT2D eigenvalue weighted by atomic mass is 10.2. The summed E-state index contributed by atoms with van der Waals surface area (Å²) in [6, 6.07) is 15.7. The molecule has 9 heteroatoms. The molecular formula is C21H19FN2O5S. The smallest absolute Gasteiger partial charge is 0.261 e. The highest BCUT2D eigenvalue weighted by atomic mass is 32.2. The van der Waals surface area contributed by atoms with Gasteiger partial charge < -0.3 is 14.8 Å². The summed E-state index contributed by atoms with van der Waals surface area (Å²) in [5, 5.41) is 2.67. The number of carbonyl (C=O) groups is 1. The number of anilines is 2. The van der Waals surface area contributed by atoms with E-state index in [1.165, 1.54) is 56.7 Å². The summed E-state index contributed by atoms with van der Waals surface area (Å²) in [7, 11) is -1.03. The first-order valence-corrected chi connectivity index (χ1v) is 10.2. The molecule has 0 atom stereocenters. The molecule has 30 heavy (non-hydrogen) atoms. The van der Waals surface area contributed by atoms with Crippen molar-refractivity contribution < 1.29 is 27.1 Å². The van der Waals surface area contributed by atoms with Crippen LogP contribution in [0.25, 0.3) is 0 Å². The fraction of sp³-hybridized carbons (Fsp3) is 0.0952. The zero-order valence-electron chi connectivity index (χ0n) is 16.2. The lowest BCUT2D eigenvalue weighted by Gasteiger charge is -2.11. The number of sulfonamides is 1.